The zero-order valence-corrected chi connectivity index (χ0v) is 15.7. The van der Waals surface area contributed by atoms with Crippen molar-refractivity contribution in [1.82, 2.24) is 10.0 Å². The fourth-order valence-electron chi connectivity index (χ4n) is 2.67. The molecule has 1 aliphatic rings. The van der Waals surface area contributed by atoms with Gasteiger partial charge in [-0.05, 0) is 43.6 Å². The summed E-state index contributed by atoms with van der Waals surface area (Å²) >= 11 is 0. The van der Waals surface area contributed by atoms with Crippen LogP contribution in [-0.4, -0.2) is 40.6 Å². The number of carbonyl (C=O) groups excluding carboxylic acids is 1. The molecule has 1 aromatic rings. The molecule has 0 bridgehead atoms. The lowest BCUT2D eigenvalue weighted by atomic mass is 9.97. The average molecular weight is 417 g/mol. The molecular weight excluding hydrogens is 397 g/mol. The van der Waals surface area contributed by atoms with E-state index in [0.717, 1.165) is 19.2 Å². The molecule has 2 N–H and O–H groups in total. The van der Waals surface area contributed by atoms with Gasteiger partial charge in [0.1, 0.15) is 0 Å². The van der Waals surface area contributed by atoms with Crippen LogP contribution in [0, 0.1) is 5.92 Å². The van der Waals surface area contributed by atoms with Crippen molar-refractivity contribution in [1.29, 1.82) is 0 Å². The number of ether oxygens (including phenoxy) is 1. The second-order valence-electron chi connectivity index (χ2n) is 5.89. The fourth-order valence-corrected chi connectivity index (χ4v) is 4.07. The van der Waals surface area contributed by atoms with Gasteiger partial charge in [0.15, 0.2) is 0 Å². The van der Waals surface area contributed by atoms with Crippen molar-refractivity contribution < 1.29 is 31.1 Å². The van der Waals surface area contributed by atoms with Gasteiger partial charge in [0.05, 0.1) is 23.1 Å². The summed E-state index contributed by atoms with van der Waals surface area (Å²) in [6.45, 7) is 3.08. The lowest BCUT2D eigenvalue weighted by molar-refractivity contribution is -0.138. The zero-order chi connectivity index (χ0) is 18.8. The second-order valence-corrected chi connectivity index (χ2v) is 7.61. The van der Waals surface area contributed by atoms with E-state index in [1.807, 2.05) is 6.92 Å². The van der Waals surface area contributed by atoms with Crippen LogP contribution in [0.2, 0.25) is 0 Å². The Morgan fingerprint density at radius 3 is 2.54 bits per heavy atom. The van der Waals surface area contributed by atoms with Crippen LogP contribution >= 0.6 is 12.4 Å². The van der Waals surface area contributed by atoms with Crippen LogP contribution in [0.4, 0.5) is 13.2 Å². The van der Waals surface area contributed by atoms with Crippen LogP contribution in [0.3, 0.4) is 0 Å². The van der Waals surface area contributed by atoms with Crippen molar-refractivity contribution in [2.24, 2.45) is 5.92 Å². The van der Waals surface area contributed by atoms with Gasteiger partial charge in [-0.15, -0.1) is 12.4 Å². The third-order valence-electron chi connectivity index (χ3n) is 4.10. The maximum atomic E-state index is 13.2. The summed E-state index contributed by atoms with van der Waals surface area (Å²) in [4.78, 5) is 11.0. The lowest BCUT2D eigenvalue weighted by Gasteiger charge is -2.30. The van der Waals surface area contributed by atoms with Crippen molar-refractivity contribution >= 4 is 28.4 Å². The number of halogens is 4. The molecule has 1 fully saturated rings. The van der Waals surface area contributed by atoms with Crippen LogP contribution < -0.4 is 10.0 Å². The summed E-state index contributed by atoms with van der Waals surface area (Å²) in [7, 11) is -3.20. The van der Waals surface area contributed by atoms with E-state index in [1.54, 1.807) is 0 Å². The van der Waals surface area contributed by atoms with E-state index in [0.29, 0.717) is 25.6 Å². The van der Waals surface area contributed by atoms with Crippen LogP contribution in [0.15, 0.2) is 23.1 Å². The number of hydrogen-bond donors (Lipinski definition) is 2. The largest absolute Gasteiger partial charge is 0.465 e. The third kappa shape index (κ3) is 5.09. The predicted molar refractivity (Wildman–Crippen MR) is 90.8 cm³/mol. The molecule has 1 aromatic carbocycles. The molecule has 2 rings (SSSR count). The molecule has 0 saturated carbocycles. The Bertz CT molecular complexity index is 756. The molecule has 2 unspecified atom stereocenters. The first-order valence-electron chi connectivity index (χ1n) is 7.59. The van der Waals surface area contributed by atoms with E-state index in [2.05, 4.69) is 14.8 Å². The smallest absolute Gasteiger partial charge is 0.417 e. The van der Waals surface area contributed by atoms with Crippen molar-refractivity contribution in [3.8, 4) is 0 Å². The number of alkyl halides is 3. The Morgan fingerprint density at radius 2 is 2.00 bits per heavy atom. The van der Waals surface area contributed by atoms with E-state index in [-0.39, 0.29) is 24.4 Å². The maximum absolute atomic E-state index is 13.2. The van der Waals surface area contributed by atoms with Gasteiger partial charge in [0, 0.05) is 6.04 Å². The topological polar surface area (TPSA) is 84.5 Å². The Hall–Kier alpha value is -1.36. The minimum atomic E-state index is -4.89. The Morgan fingerprint density at radius 1 is 1.35 bits per heavy atom. The second kappa shape index (κ2) is 8.55. The summed E-state index contributed by atoms with van der Waals surface area (Å²) in [5.74, 6) is -1.18. The van der Waals surface area contributed by atoms with Crippen LogP contribution in [0.1, 0.15) is 29.3 Å². The molecule has 2 atom stereocenters. The first-order valence-corrected chi connectivity index (χ1v) is 9.07. The number of hydrogen-bond acceptors (Lipinski definition) is 5. The number of benzene rings is 1. The van der Waals surface area contributed by atoms with Gasteiger partial charge >= 0.3 is 12.1 Å². The molecule has 6 nitrogen and oxygen atoms in total. The van der Waals surface area contributed by atoms with Gasteiger partial charge in [-0.1, -0.05) is 6.92 Å². The first-order chi connectivity index (χ1) is 11.6. The molecule has 0 aromatic heterocycles. The third-order valence-corrected chi connectivity index (χ3v) is 5.59. The van der Waals surface area contributed by atoms with E-state index in [1.165, 1.54) is 0 Å². The van der Waals surface area contributed by atoms with E-state index in [9.17, 15) is 26.4 Å². The number of esters is 1. The van der Waals surface area contributed by atoms with E-state index in [4.69, 9.17) is 0 Å². The van der Waals surface area contributed by atoms with E-state index >= 15 is 0 Å². The fraction of sp³-hybridized carbons (Fsp3) is 0.533. The summed E-state index contributed by atoms with van der Waals surface area (Å²) < 4.78 is 71.3. The molecule has 26 heavy (non-hydrogen) atoms. The molecular formula is C15H20ClF3N2O4S. The van der Waals surface area contributed by atoms with Gasteiger partial charge in [-0.3, -0.25) is 0 Å². The van der Waals surface area contributed by atoms with E-state index < -0.39 is 38.2 Å². The molecule has 0 radical (unpaired) electrons. The normalized spacial score (nSPS) is 21.0. The van der Waals surface area contributed by atoms with Crippen LogP contribution in [0.5, 0.6) is 0 Å². The van der Waals surface area contributed by atoms with Crippen molar-refractivity contribution in [2.45, 2.75) is 30.5 Å². The van der Waals surface area contributed by atoms with Gasteiger partial charge in [-0.2, -0.15) is 13.2 Å². The average Bonchev–Trinajstić information content (AvgIpc) is 2.54. The van der Waals surface area contributed by atoms with Crippen molar-refractivity contribution in [3.05, 3.63) is 29.3 Å². The maximum Gasteiger partial charge on any atom is 0.417 e. The predicted octanol–water partition coefficient (Wildman–Crippen LogP) is 2.19. The van der Waals surface area contributed by atoms with Gasteiger partial charge < -0.3 is 10.1 Å². The highest BCUT2D eigenvalue weighted by atomic mass is 35.5. The summed E-state index contributed by atoms with van der Waals surface area (Å²) in [6.07, 6.45) is -4.36. The summed E-state index contributed by atoms with van der Waals surface area (Å²) in [5, 5.41) is 3.11. The minimum absolute atomic E-state index is 0. The highest BCUT2D eigenvalue weighted by Gasteiger charge is 2.37. The molecule has 148 valence electrons. The summed E-state index contributed by atoms with van der Waals surface area (Å²) in [5.41, 5.74) is -2.08. The highest BCUT2D eigenvalue weighted by Crippen LogP contribution is 2.34. The lowest BCUT2D eigenvalue weighted by Crippen LogP contribution is -2.48. The molecule has 11 heteroatoms. The highest BCUT2D eigenvalue weighted by molar-refractivity contribution is 7.89. The number of nitrogens with one attached hydrogen (secondary N) is 2. The Balaban J connectivity index is 0.00000338. The SMILES string of the molecule is COC(=O)c1ccc(S(=O)(=O)NC2CCNCC2C)cc1C(F)(F)F.Cl. The monoisotopic (exact) mass is 416 g/mol. The first kappa shape index (κ1) is 22.7. The molecule has 1 heterocycles. The van der Waals surface area contributed by atoms with Gasteiger partial charge in [0.2, 0.25) is 10.0 Å². The van der Waals surface area contributed by atoms with Crippen molar-refractivity contribution in [2.75, 3.05) is 20.2 Å². The Kier molecular flexibility index (Phi) is 7.46. The number of carbonyl (C=O) groups is 1. The Labute approximate surface area is 155 Å². The number of sulfonamides is 1. The molecule has 0 aliphatic carbocycles. The number of methoxy groups -OCH3 is 1. The van der Waals surface area contributed by atoms with Crippen LogP contribution in [0.25, 0.3) is 0 Å². The molecule has 0 spiro atoms. The number of piperidine rings is 1. The van der Waals surface area contributed by atoms with Crippen molar-refractivity contribution in [3.63, 3.8) is 0 Å². The summed E-state index contributed by atoms with van der Waals surface area (Å²) in [6, 6.07) is 1.87. The van der Waals surface area contributed by atoms with Gasteiger partial charge in [-0.25, -0.2) is 17.9 Å². The molecule has 0 amide bonds. The molecule has 1 saturated heterocycles. The molecule has 1 aliphatic heterocycles. The minimum Gasteiger partial charge on any atom is -0.465 e. The van der Waals surface area contributed by atoms with Crippen LogP contribution in [-0.2, 0) is 20.9 Å². The van der Waals surface area contributed by atoms with Gasteiger partial charge in [0.25, 0.3) is 0 Å². The zero-order valence-electron chi connectivity index (χ0n) is 14.1. The standard InChI is InChI=1S/C15H19F3N2O4S.ClH/c1-9-8-19-6-5-13(9)20-25(22,23)10-3-4-11(14(21)24-2)12(7-10)15(16,17)18;/h3-4,7,9,13,19-20H,5-6,8H2,1-2H3;1H. The quantitative estimate of drug-likeness (QED) is 0.735. The number of rotatable bonds is 4.